The summed E-state index contributed by atoms with van der Waals surface area (Å²) in [6.07, 6.45) is 4.03. The number of likely N-dealkylation sites (N-methyl/N-ethyl adjacent to an activating group) is 1. The number of halogens is 1. The van der Waals surface area contributed by atoms with E-state index in [-0.39, 0.29) is 0 Å². The number of hydrogen-bond acceptors (Lipinski definition) is 3. The lowest BCUT2D eigenvalue weighted by molar-refractivity contribution is 0.254. The Bertz CT molecular complexity index is 491. The molecule has 0 spiro atoms. The lowest BCUT2D eigenvalue weighted by atomic mass is 10.1. The predicted octanol–water partition coefficient (Wildman–Crippen LogP) is 3.23. The summed E-state index contributed by atoms with van der Waals surface area (Å²) in [5.41, 5.74) is 2.83. The highest BCUT2D eigenvalue weighted by Gasteiger charge is 2.35. The summed E-state index contributed by atoms with van der Waals surface area (Å²) in [4.78, 5) is 5.22. The van der Waals surface area contributed by atoms with Gasteiger partial charge in [-0.1, -0.05) is 28.9 Å². The van der Waals surface area contributed by atoms with Crippen LogP contribution >= 0.6 is 15.9 Å². The summed E-state index contributed by atoms with van der Waals surface area (Å²) < 4.78 is 1.18. The predicted molar refractivity (Wildman–Crippen MR) is 92.9 cm³/mol. The number of nitrogens with zero attached hydrogens (tertiary/aromatic N) is 2. The fraction of sp³-hybridized carbons (Fsp3) is 0.647. The Hall–Kier alpha value is -0.580. The van der Waals surface area contributed by atoms with Crippen molar-refractivity contribution in [2.24, 2.45) is 0 Å². The maximum Gasteiger partial charge on any atom is 0.0423 e. The van der Waals surface area contributed by atoms with Crippen molar-refractivity contribution in [3.63, 3.8) is 0 Å². The largest absolute Gasteiger partial charge is 0.370 e. The molecule has 116 valence electrons. The number of hydrogen-bond donors (Lipinski definition) is 1. The van der Waals surface area contributed by atoms with Crippen LogP contribution in [0, 0.1) is 0 Å². The average molecular weight is 352 g/mol. The first-order chi connectivity index (χ1) is 10.2. The first-order valence-corrected chi connectivity index (χ1v) is 8.94. The van der Waals surface area contributed by atoms with E-state index in [9.17, 15) is 0 Å². The fourth-order valence-corrected chi connectivity index (χ4v) is 4.12. The van der Waals surface area contributed by atoms with Crippen LogP contribution in [0.2, 0.25) is 0 Å². The summed E-state index contributed by atoms with van der Waals surface area (Å²) >= 11 is 3.65. The number of nitrogens with one attached hydrogen (secondary N) is 1. The van der Waals surface area contributed by atoms with Crippen LogP contribution in [0.3, 0.4) is 0 Å². The van der Waals surface area contributed by atoms with Crippen LogP contribution in [-0.2, 0) is 6.54 Å². The maximum absolute atomic E-state index is 3.65. The van der Waals surface area contributed by atoms with Crippen molar-refractivity contribution in [2.75, 3.05) is 31.6 Å². The van der Waals surface area contributed by atoms with E-state index in [1.165, 1.54) is 48.1 Å². The van der Waals surface area contributed by atoms with E-state index in [1.807, 2.05) is 0 Å². The van der Waals surface area contributed by atoms with Gasteiger partial charge in [-0.05, 0) is 50.6 Å². The average Bonchev–Trinajstić information content (AvgIpc) is 2.71. The van der Waals surface area contributed by atoms with Gasteiger partial charge in [0.15, 0.2) is 0 Å². The van der Waals surface area contributed by atoms with Crippen LogP contribution in [0.4, 0.5) is 5.69 Å². The molecule has 1 aromatic rings. The Morgan fingerprint density at radius 2 is 2.05 bits per heavy atom. The van der Waals surface area contributed by atoms with Crippen molar-refractivity contribution in [2.45, 2.75) is 44.8 Å². The van der Waals surface area contributed by atoms with Gasteiger partial charge in [0.2, 0.25) is 0 Å². The van der Waals surface area contributed by atoms with Crippen LogP contribution < -0.4 is 10.2 Å². The Kier molecular flexibility index (Phi) is 4.87. The molecule has 0 amide bonds. The standard InChI is InChI=1S/C17H26BrN3/c1-3-19-11-13-4-5-14(18)10-17(13)21-9-8-15-6-7-16(12-21)20(15)2/h4-5,10,15-16,19H,3,6-9,11-12H2,1-2H3. The number of fused-ring (bicyclic) bond motifs is 2. The second-order valence-corrected chi connectivity index (χ2v) is 7.25. The molecule has 2 saturated heterocycles. The van der Waals surface area contributed by atoms with Crippen LogP contribution in [0.25, 0.3) is 0 Å². The first kappa shape index (κ1) is 15.3. The Morgan fingerprint density at radius 1 is 1.24 bits per heavy atom. The normalized spacial score (nSPS) is 26.1. The highest BCUT2D eigenvalue weighted by atomic mass is 79.9. The van der Waals surface area contributed by atoms with E-state index < -0.39 is 0 Å². The highest BCUT2D eigenvalue weighted by molar-refractivity contribution is 9.10. The second-order valence-electron chi connectivity index (χ2n) is 6.34. The zero-order chi connectivity index (χ0) is 14.8. The van der Waals surface area contributed by atoms with Gasteiger partial charge in [-0.2, -0.15) is 0 Å². The summed E-state index contributed by atoms with van der Waals surface area (Å²) in [6.45, 7) is 6.49. The van der Waals surface area contributed by atoms with Crippen molar-refractivity contribution in [1.29, 1.82) is 0 Å². The molecule has 2 aliphatic rings. The van der Waals surface area contributed by atoms with Gasteiger partial charge >= 0.3 is 0 Å². The summed E-state index contributed by atoms with van der Waals surface area (Å²) in [5.74, 6) is 0. The smallest absolute Gasteiger partial charge is 0.0423 e. The molecule has 2 heterocycles. The molecule has 0 aliphatic carbocycles. The minimum absolute atomic E-state index is 0.725. The quantitative estimate of drug-likeness (QED) is 0.898. The molecule has 2 atom stereocenters. The third kappa shape index (κ3) is 3.27. The number of anilines is 1. The molecule has 2 unspecified atom stereocenters. The van der Waals surface area contributed by atoms with E-state index >= 15 is 0 Å². The summed E-state index contributed by atoms with van der Waals surface area (Å²) in [5, 5.41) is 3.47. The number of rotatable bonds is 4. The van der Waals surface area contributed by atoms with E-state index in [2.05, 4.69) is 63.2 Å². The molecule has 0 radical (unpaired) electrons. The topological polar surface area (TPSA) is 18.5 Å². The van der Waals surface area contributed by atoms with Gasteiger partial charge in [-0.25, -0.2) is 0 Å². The minimum atomic E-state index is 0.725. The van der Waals surface area contributed by atoms with Crippen molar-refractivity contribution >= 4 is 21.6 Å². The van der Waals surface area contributed by atoms with Crippen LogP contribution in [-0.4, -0.2) is 43.7 Å². The minimum Gasteiger partial charge on any atom is -0.370 e. The molecule has 2 fully saturated rings. The van der Waals surface area contributed by atoms with Gasteiger partial charge in [0, 0.05) is 41.9 Å². The molecular weight excluding hydrogens is 326 g/mol. The Morgan fingerprint density at radius 3 is 2.86 bits per heavy atom. The van der Waals surface area contributed by atoms with Gasteiger partial charge < -0.3 is 10.2 Å². The van der Waals surface area contributed by atoms with Gasteiger partial charge in [-0.3, -0.25) is 4.90 Å². The van der Waals surface area contributed by atoms with Gasteiger partial charge in [0.05, 0.1) is 0 Å². The maximum atomic E-state index is 3.65. The molecule has 1 N–H and O–H groups in total. The molecule has 1 aromatic carbocycles. The van der Waals surface area contributed by atoms with Crippen molar-refractivity contribution in [3.05, 3.63) is 28.2 Å². The van der Waals surface area contributed by atoms with Crippen LogP contribution in [0.5, 0.6) is 0 Å². The zero-order valence-electron chi connectivity index (χ0n) is 13.1. The lowest BCUT2D eigenvalue weighted by Crippen LogP contribution is -2.37. The molecule has 0 aromatic heterocycles. The van der Waals surface area contributed by atoms with Crippen molar-refractivity contribution < 1.29 is 0 Å². The molecule has 0 saturated carbocycles. The van der Waals surface area contributed by atoms with E-state index in [0.717, 1.165) is 25.2 Å². The van der Waals surface area contributed by atoms with Gasteiger partial charge in [0.25, 0.3) is 0 Å². The molecule has 3 rings (SSSR count). The lowest BCUT2D eigenvalue weighted by Gasteiger charge is -2.29. The van der Waals surface area contributed by atoms with Crippen molar-refractivity contribution in [1.82, 2.24) is 10.2 Å². The highest BCUT2D eigenvalue weighted by Crippen LogP contribution is 2.33. The molecule has 4 heteroatoms. The SMILES string of the molecule is CCNCc1ccc(Br)cc1N1CCC2CCC(C1)N2C. The van der Waals surface area contributed by atoms with Crippen LogP contribution in [0.1, 0.15) is 31.7 Å². The Labute approximate surface area is 136 Å². The van der Waals surface area contributed by atoms with Crippen LogP contribution in [0.15, 0.2) is 22.7 Å². The number of benzene rings is 1. The second kappa shape index (κ2) is 6.67. The fourth-order valence-electron chi connectivity index (χ4n) is 3.77. The van der Waals surface area contributed by atoms with Crippen molar-refractivity contribution in [3.8, 4) is 0 Å². The van der Waals surface area contributed by atoms with E-state index in [1.54, 1.807) is 0 Å². The summed E-state index contributed by atoms with van der Waals surface area (Å²) in [6, 6.07) is 8.24. The molecule has 2 bridgehead atoms. The monoisotopic (exact) mass is 351 g/mol. The molecule has 3 nitrogen and oxygen atoms in total. The third-order valence-electron chi connectivity index (χ3n) is 5.10. The molecule has 2 aliphatic heterocycles. The van der Waals surface area contributed by atoms with Gasteiger partial charge in [0.1, 0.15) is 0 Å². The zero-order valence-corrected chi connectivity index (χ0v) is 14.7. The first-order valence-electron chi connectivity index (χ1n) is 8.15. The van der Waals surface area contributed by atoms with E-state index in [4.69, 9.17) is 0 Å². The van der Waals surface area contributed by atoms with Gasteiger partial charge in [-0.15, -0.1) is 0 Å². The third-order valence-corrected chi connectivity index (χ3v) is 5.60. The molecular formula is C17H26BrN3. The summed E-state index contributed by atoms with van der Waals surface area (Å²) in [7, 11) is 2.31. The Balaban J connectivity index is 1.83. The molecule has 21 heavy (non-hydrogen) atoms. The van der Waals surface area contributed by atoms with E-state index in [0.29, 0.717) is 0 Å².